The molecule has 11 nitrogen and oxygen atoms in total. The van der Waals surface area contributed by atoms with Crippen LogP contribution in [-0.2, 0) is 32.7 Å². The van der Waals surface area contributed by atoms with Gasteiger partial charge in [0, 0.05) is 12.7 Å². The SMILES string of the molecule is CC(C)=CN(C(=O)NC=O)[C@H]1C=C[C@@H](COP(=O)(NCC(C)(C)C)OCCOC(=O)C(C)(C)C)O1. The molecule has 1 aliphatic heterocycles. The maximum Gasteiger partial charge on any atom is 0.405 e. The number of amides is 3. The van der Waals surface area contributed by atoms with E-state index in [0.29, 0.717) is 13.0 Å². The molecule has 1 unspecified atom stereocenters. The number of hydrogen-bond donors (Lipinski definition) is 2. The number of esters is 1. The van der Waals surface area contributed by atoms with Gasteiger partial charge in [-0.15, -0.1) is 0 Å². The number of carbonyl (C=O) groups is 3. The lowest BCUT2D eigenvalue weighted by molar-refractivity contribution is -0.153. The molecule has 0 aromatic rings. The van der Waals surface area contributed by atoms with Crippen molar-refractivity contribution in [2.45, 2.75) is 67.7 Å². The van der Waals surface area contributed by atoms with Gasteiger partial charge in [-0.2, -0.15) is 0 Å². The molecule has 0 saturated carbocycles. The average Bonchev–Trinajstić information content (AvgIpc) is 3.20. The molecule has 0 aliphatic carbocycles. The monoisotopic (exact) mass is 517 g/mol. The number of ether oxygens (including phenoxy) is 2. The van der Waals surface area contributed by atoms with E-state index in [1.165, 1.54) is 4.90 Å². The van der Waals surface area contributed by atoms with Gasteiger partial charge in [0.25, 0.3) is 0 Å². The Morgan fingerprint density at radius 3 is 2.29 bits per heavy atom. The van der Waals surface area contributed by atoms with Crippen molar-refractivity contribution in [1.82, 2.24) is 15.3 Å². The molecule has 1 aliphatic rings. The lowest BCUT2D eigenvalue weighted by Crippen LogP contribution is -2.43. The number of carbonyl (C=O) groups excluding carboxylic acids is 3. The molecule has 0 fully saturated rings. The van der Waals surface area contributed by atoms with E-state index in [-0.39, 0.29) is 25.2 Å². The Labute approximate surface area is 208 Å². The topological polar surface area (TPSA) is 132 Å². The van der Waals surface area contributed by atoms with Gasteiger partial charge in [0.15, 0.2) is 6.23 Å². The van der Waals surface area contributed by atoms with Gasteiger partial charge in [0.2, 0.25) is 6.41 Å². The highest BCUT2D eigenvalue weighted by molar-refractivity contribution is 7.51. The van der Waals surface area contributed by atoms with Crippen LogP contribution in [0.5, 0.6) is 0 Å². The van der Waals surface area contributed by atoms with Crippen LogP contribution in [0.1, 0.15) is 55.4 Å². The van der Waals surface area contributed by atoms with Gasteiger partial charge < -0.3 is 9.47 Å². The van der Waals surface area contributed by atoms with Crippen LogP contribution < -0.4 is 10.4 Å². The number of allylic oxidation sites excluding steroid dienone is 1. The van der Waals surface area contributed by atoms with Crippen molar-refractivity contribution >= 4 is 26.2 Å². The second-order valence-electron chi connectivity index (χ2n) is 10.5. The Bertz CT molecular complexity index is 841. The fourth-order valence-corrected chi connectivity index (χ4v) is 4.12. The lowest BCUT2D eigenvalue weighted by atomic mass is 9.97. The van der Waals surface area contributed by atoms with Gasteiger partial charge >= 0.3 is 19.7 Å². The smallest absolute Gasteiger partial charge is 0.405 e. The van der Waals surface area contributed by atoms with Crippen LogP contribution in [-0.4, -0.2) is 62.0 Å². The predicted molar refractivity (Wildman–Crippen MR) is 131 cm³/mol. The molecule has 12 heteroatoms. The zero-order valence-electron chi connectivity index (χ0n) is 22.0. The molecule has 35 heavy (non-hydrogen) atoms. The fraction of sp³-hybridized carbons (Fsp3) is 0.696. The highest BCUT2D eigenvalue weighted by atomic mass is 31.2. The molecular formula is C23H40N3O8P. The van der Waals surface area contributed by atoms with Crippen molar-refractivity contribution in [2.24, 2.45) is 10.8 Å². The number of urea groups is 1. The average molecular weight is 518 g/mol. The van der Waals surface area contributed by atoms with Crippen LogP contribution in [0.3, 0.4) is 0 Å². The quantitative estimate of drug-likeness (QED) is 0.131. The first kappa shape index (κ1) is 31.0. The van der Waals surface area contributed by atoms with E-state index in [0.717, 1.165) is 5.57 Å². The molecule has 0 saturated heterocycles. The van der Waals surface area contributed by atoms with Crippen LogP contribution in [0.2, 0.25) is 0 Å². The van der Waals surface area contributed by atoms with Gasteiger partial charge in [-0.05, 0) is 46.1 Å². The summed E-state index contributed by atoms with van der Waals surface area (Å²) in [4.78, 5) is 36.0. The minimum Gasteiger partial charge on any atom is -0.463 e. The van der Waals surface area contributed by atoms with E-state index in [2.05, 4.69) is 10.4 Å². The summed E-state index contributed by atoms with van der Waals surface area (Å²) in [5.74, 6) is -0.394. The third kappa shape index (κ3) is 12.0. The zero-order chi connectivity index (χ0) is 26.9. The van der Waals surface area contributed by atoms with E-state index in [1.807, 2.05) is 20.8 Å². The summed E-state index contributed by atoms with van der Waals surface area (Å²) in [5, 5.41) is 4.92. The van der Waals surface area contributed by atoms with Crippen molar-refractivity contribution in [3.05, 3.63) is 23.9 Å². The van der Waals surface area contributed by atoms with Crippen LogP contribution >= 0.6 is 7.75 Å². The van der Waals surface area contributed by atoms with Gasteiger partial charge in [-0.25, -0.2) is 14.4 Å². The third-order valence-electron chi connectivity index (χ3n) is 4.29. The largest absolute Gasteiger partial charge is 0.463 e. The Hall–Kier alpha value is -2.04. The number of nitrogens with zero attached hydrogens (tertiary/aromatic N) is 1. The summed E-state index contributed by atoms with van der Waals surface area (Å²) in [5.41, 5.74) is -0.0403. The molecule has 3 atom stereocenters. The molecule has 0 radical (unpaired) electrons. The molecule has 200 valence electrons. The lowest BCUT2D eigenvalue weighted by Gasteiger charge is -2.27. The Morgan fingerprint density at radius 2 is 1.74 bits per heavy atom. The first-order valence-electron chi connectivity index (χ1n) is 11.4. The van der Waals surface area contributed by atoms with E-state index < -0.39 is 37.5 Å². The number of nitrogens with one attached hydrogen (secondary N) is 2. The predicted octanol–water partition coefficient (Wildman–Crippen LogP) is 3.73. The molecule has 1 rings (SSSR count). The molecule has 0 spiro atoms. The second kappa shape index (κ2) is 13.3. The standard InChI is InChI=1S/C23H40N3O8P/c1-17(2)13-26(21(29)24-16-27)19-10-9-18(34-19)14-33-35(30,25-15-22(3,4)5)32-12-11-31-20(28)23(6,7)8/h9-10,13,16,18-19H,11-12,14-15H2,1-8H3,(H,25,30)(H,24,27,29)/t18-,19+,35?/m0/s1. The summed E-state index contributed by atoms with van der Waals surface area (Å²) in [6, 6.07) is -0.650. The molecule has 2 N–H and O–H groups in total. The van der Waals surface area contributed by atoms with Gasteiger partial charge in [0.05, 0.1) is 18.6 Å². The van der Waals surface area contributed by atoms with E-state index >= 15 is 0 Å². The molecular weight excluding hydrogens is 477 g/mol. The van der Waals surface area contributed by atoms with E-state index in [4.69, 9.17) is 18.5 Å². The minimum absolute atomic E-state index is 0.0773. The Balaban J connectivity index is 2.75. The first-order valence-corrected chi connectivity index (χ1v) is 12.9. The summed E-state index contributed by atoms with van der Waals surface area (Å²) in [6.07, 6.45) is 3.75. The molecule has 0 bridgehead atoms. The summed E-state index contributed by atoms with van der Waals surface area (Å²) >= 11 is 0. The summed E-state index contributed by atoms with van der Waals surface area (Å²) in [6.45, 7) is 14.7. The maximum atomic E-state index is 13.3. The van der Waals surface area contributed by atoms with Crippen LogP contribution in [0.4, 0.5) is 4.79 Å². The zero-order valence-corrected chi connectivity index (χ0v) is 22.8. The molecule has 3 amide bonds. The van der Waals surface area contributed by atoms with Crippen molar-refractivity contribution < 1.29 is 37.5 Å². The highest BCUT2D eigenvalue weighted by Gasteiger charge is 2.32. The maximum absolute atomic E-state index is 13.3. The number of rotatable bonds is 12. The highest BCUT2D eigenvalue weighted by Crippen LogP contribution is 2.44. The number of imide groups is 1. The van der Waals surface area contributed by atoms with Crippen LogP contribution in [0, 0.1) is 10.8 Å². The van der Waals surface area contributed by atoms with Crippen molar-refractivity contribution in [3.8, 4) is 0 Å². The molecule has 1 heterocycles. The van der Waals surface area contributed by atoms with Gasteiger partial charge in [0.1, 0.15) is 12.7 Å². The first-order chi connectivity index (χ1) is 16.1. The fourth-order valence-electron chi connectivity index (χ4n) is 2.54. The summed E-state index contributed by atoms with van der Waals surface area (Å²) in [7, 11) is -3.77. The van der Waals surface area contributed by atoms with Crippen LogP contribution in [0.15, 0.2) is 23.9 Å². The molecule has 0 aromatic heterocycles. The Morgan fingerprint density at radius 1 is 1.09 bits per heavy atom. The Kier molecular flexibility index (Phi) is 11.8. The van der Waals surface area contributed by atoms with Crippen LogP contribution in [0.25, 0.3) is 0 Å². The number of hydrogen-bond acceptors (Lipinski definition) is 8. The van der Waals surface area contributed by atoms with Gasteiger partial charge in [-0.1, -0.05) is 32.4 Å². The van der Waals surface area contributed by atoms with Crippen molar-refractivity contribution in [1.29, 1.82) is 0 Å². The third-order valence-corrected chi connectivity index (χ3v) is 5.85. The summed E-state index contributed by atoms with van der Waals surface area (Å²) < 4.78 is 35.4. The minimum atomic E-state index is -3.77. The van der Waals surface area contributed by atoms with Crippen molar-refractivity contribution in [2.75, 3.05) is 26.4 Å². The second-order valence-corrected chi connectivity index (χ2v) is 12.4. The molecule has 0 aromatic carbocycles. The van der Waals surface area contributed by atoms with E-state index in [1.54, 1.807) is 53.0 Å². The van der Waals surface area contributed by atoms with E-state index in [9.17, 15) is 18.9 Å². The van der Waals surface area contributed by atoms with Crippen molar-refractivity contribution in [3.63, 3.8) is 0 Å². The normalized spacial score (nSPS) is 19.5. The van der Waals surface area contributed by atoms with Gasteiger partial charge in [-0.3, -0.25) is 28.9 Å².